The summed E-state index contributed by atoms with van der Waals surface area (Å²) in [5.41, 5.74) is 7.22. The van der Waals surface area contributed by atoms with E-state index in [0.717, 1.165) is 11.1 Å². The second-order valence-corrected chi connectivity index (χ2v) is 5.76. The summed E-state index contributed by atoms with van der Waals surface area (Å²) in [6, 6.07) is 12.3. The Morgan fingerprint density at radius 2 is 1.57 bits per heavy atom. The van der Waals surface area contributed by atoms with Crippen LogP contribution in [0.3, 0.4) is 0 Å². The van der Waals surface area contributed by atoms with Crippen LogP contribution >= 0.6 is 0 Å². The van der Waals surface area contributed by atoms with Crippen molar-refractivity contribution in [1.29, 1.82) is 0 Å². The molecule has 0 radical (unpaired) electrons. The first kappa shape index (κ1) is 15.3. The monoisotopic (exact) mass is 281 g/mol. The first-order valence-electron chi connectivity index (χ1n) is 7.35. The van der Waals surface area contributed by atoms with Crippen molar-refractivity contribution in [2.45, 2.75) is 40.7 Å². The number of aryl methyl sites for hydroxylation is 4. The quantitative estimate of drug-likeness (QED) is 0.908. The van der Waals surface area contributed by atoms with Crippen LogP contribution < -0.4 is 5.32 Å². The zero-order valence-corrected chi connectivity index (χ0v) is 13.3. The summed E-state index contributed by atoms with van der Waals surface area (Å²) in [5.74, 6) is 0.0728. The van der Waals surface area contributed by atoms with E-state index in [1.807, 2.05) is 31.2 Å². The van der Waals surface area contributed by atoms with Crippen molar-refractivity contribution < 1.29 is 4.79 Å². The number of carbonyl (C=O) groups excluding carboxylic acids is 1. The third-order valence-electron chi connectivity index (χ3n) is 3.91. The van der Waals surface area contributed by atoms with E-state index in [4.69, 9.17) is 0 Å². The highest BCUT2D eigenvalue weighted by molar-refractivity contribution is 5.79. The van der Waals surface area contributed by atoms with Gasteiger partial charge < -0.3 is 5.32 Å². The molecule has 0 aliphatic rings. The molecule has 0 saturated carbocycles. The highest BCUT2D eigenvalue weighted by Gasteiger charge is 2.08. The Hall–Kier alpha value is -2.09. The predicted octanol–water partition coefficient (Wildman–Crippen LogP) is 3.78. The normalized spacial score (nSPS) is 10.5. The second kappa shape index (κ2) is 6.57. The average molecular weight is 281 g/mol. The van der Waals surface area contributed by atoms with Crippen molar-refractivity contribution in [2.24, 2.45) is 0 Å². The molecule has 0 aliphatic carbocycles. The summed E-state index contributed by atoms with van der Waals surface area (Å²) in [6.45, 7) is 8.94. The van der Waals surface area contributed by atoms with Crippen LogP contribution in [-0.4, -0.2) is 5.91 Å². The first-order valence-corrected chi connectivity index (χ1v) is 7.35. The lowest BCUT2D eigenvalue weighted by Crippen LogP contribution is -2.25. The highest BCUT2D eigenvalue weighted by Crippen LogP contribution is 2.16. The summed E-state index contributed by atoms with van der Waals surface area (Å²) in [4.78, 5) is 12.1. The Morgan fingerprint density at radius 3 is 2.19 bits per heavy atom. The van der Waals surface area contributed by atoms with Gasteiger partial charge in [-0.2, -0.15) is 0 Å². The van der Waals surface area contributed by atoms with Crippen LogP contribution in [-0.2, 0) is 17.8 Å². The maximum atomic E-state index is 12.1. The van der Waals surface area contributed by atoms with Gasteiger partial charge in [0.05, 0.1) is 6.42 Å². The van der Waals surface area contributed by atoms with Gasteiger partial charge in [-0.15, -0.1) is 0 Å². The van der Waals surface area contributed by atoms with Crippen LogP contribution in [0.25, 0.3) is 0 Å². The van der Waals surface area contributed by atoms with Crippen molar-refractivity contribution in [3.8, 4) is 0 Å². The molecule has 2 aromatic carbocycles. The van der Waals surface area contributed by atoms with Crippen molar-refractivity contribution in [3.63, 3.8) is 0 Å². The molecule has 0 heterocycles. The van der Waals surface area contributed by atoms with E-state index >= 15 is 0 Å². The van der Waals surface area contributed by atoms with E-state index in [-0.39, 0.29) is 5.91 Å². The van der Waals surface area contributed by atoms with Gasteiger partial charge in [0, 0.05) is 6.54 Å². The number of amides is 1. The van der Waals surface area contributed by atoms with Gasteiger partial charge in [0.25, 0.3) is 0 Å². The van der Waals surface area contributed by atoms with E-state index < -0.39 is 0 Å². The third-order valence-corrected chi connectivity index (χ3v) is 3.91. The molecule has 0 atom stereocenters. The molecule has 2 nitrogen and oxygen atoms in total. The van der Waals surface area contributed by atoms with Crippen molar-refractivity contribution in [2.75, 3.05) is 0 Å². The number of hydrogen-bond donors (Lipinski definition) is 1. The van der Waals surface area contributed by atoms with Crippen molar-refractivity contribution in [1.82, 2.24) is 5.32 Å². The molecule has 110 valence electrons. The van der Waals surface area contributed by atoms with E-state index in [1.165, 1.54) is 22.3 Å². The molecule has 2 rings (SSSR count). The fourth-order valence-corrected chi connectivity index (χ4v) is 2.72. The Labute approximate surface area is 127 Å². The molecule has 0 bridgehead atoms. The zero-order chi connectivity index (χ0) is 15.4. The summed E-state index contributed by atoms with van der Waals surface area (Å²) in [7, 11) is 0. The number of carbonyl (C=O) groups is 1. The van der Waals surface area contributed by atoms with Crippen LogP contribution in [0.1, 0.15) is 33.4 Å². The van der Waals surface area contributed by atoms with Gasteiger partial charge in [0.1, 0.15) is 0 Å². The minimum absolute atomic E-state index is 0.0728. The zero-order valence-electron chi connectivity index (χ0n) is 13.3. The molecule has 2 aromatic rings. The molecule has 2 heteroatoms. The largest absolute Gasteiger partial charge is 0.352 e. The Bertz CT molecular complexity index is 635. The maximum absolute atomic E-state index is 12.1. The molecule has 1 N–H and O–H groups in total. The van der Waals surface area contributed by atoms with E-state index in [0.29, 0.717) is 13.0 Å². The molecule has 0 aromatic heterocycles. The molecule has 0 fully saturated rings. The third kappa shape index (κ3) is 3.94. The van der Waals surface area contributed by atoms with Crippen LogP contribution in [0, 0.1) is 27.7 Å². The van der Waals surface area contributed by atoms with Crippen LogP contribution in [0.5, 0.6) is 0 Å². The molecule has 21 heavy (non-hydrogen) atoms. The lowest BCUT2D eigenvalue weighted by atomic mass is 9.99. The summed E-state index contributed by atoms with van der Waals surface area (Å²) in [5, 5.41) is 3.04. The Balaban J connectivity index is 2.01. The summed E-state index contributed by atoms with van der Waals surface area (Å²) < 4.78 is 0. The summed E-state index contributed by atoms with van der Waals surface area (Å²) >= 11 is 0. The Kier molecular flexibility index (Phi) is 4.79. The molecule has 0 unspecified atom stereocenters. The number of rotatable bonds is 4. The fourth-order valence-electron chi connectivity index (χ4n) is 2.72. The van der Waals surface area contributed by atoms with Gasteiger partial charge in [0.15, 0.2) is 0 Å². The van der Waals surface area contributed by atoms with Crippen molar-refractivity contribution >= 4 is 5.91 Å². The van der Waals surface area contributed by atoms with Crippen LogP contribution in [0.15, 0.2) is 36.4 Å². The van der Waals surface area contributed by atoms with E-state index in [2.05, 4.69) is 38.2 Å². The highest BCUT2D eigenvalue weighted by atomic mass is 16.1. The number of hydrogen-bond acceptors (Lipinski definition) is 1. The minimum atomic E-state index is 0.0728. The predicted molar refractivity (Wildman–Crippen MR) is 87.4 cm³/mol. The van der Waals surface area contributed by atoms with E-state index in [1.54, 1.807) is 0 Å². The molecular weight excluding hydrogens is 258 g/mol. The lowest BCUT2D eigenvalue weighted by molar-refractivity contribution is -0.120. The van der Waals surface area contributed by atoms with Gasteiger partial charge in [-0.05, 0) is 55.5 Å². The van der Waals surface area contributed by atoms with Gasteiger partial charge >= 0.3 is 0 Å². The number of nitrogens with one attached hydrogen (secondary N) is 1. The number of benzene rings is 2. The SMILES string of the molecule is Cc1cc(C)c(CNC(=O)Cc2ccccc2C)c(C)c1. The maximum Gasteiger partial charge on any atom is 0.224 e. The smallest absolute Gasteiger partial charge is 0.224 e. The van der Waals surface area contributed by atoms with Crippen LogP contribution in [0.4, 0.5) is 0 Å². The van der Waals surface area contributed by atoms with Gasteiger partial charge in [0.2, 0.25) is 5.91 Å². The fraction of sp³-hybridized carbons (Fsp3) is 0.316. The van der Waals surface area contributed by atoms with Gasteiger partial charge in [-0.3, -0.25) is 4.79 Å². The van der Waals surface area contributed by atoms with Crippen molar-refractivity contribution in [3.05, 3.63) is 69.8 Å². The molecule has 1 amide bonds. The molecule has 0 saturated heterocycles. The van der Waals surface area contributed by atoms with Gasteiger partial charge in [-0.1, -0.05) is 42.0 Å². The van der Waals surface area contributed by atoms with Crippen LogP contribution in [0.2, 0.25) is 0 Å². The van der Waals surface area contributed by atoms with E-state index in [9.17, 15) is 4.79 Å². The second-order valence-electron chi connectivity index (χ2n) is 5.76. The lowest BCUT2D eigenvalue weighted by Gasteiger charge is -2.13. The molecular formula is C19H23NO. The topological polar surface area (TPSA) is 29.1 Å². The average Bonchev–Trinajstić information content (AvgIpc) is 2.40. The minimum Gasteiger partial charge on any atom is -0.352 e. The standard InChI is InChI=1S/C19H23NO/c1-13-9-15(3)18(16(4)10-13)12-20-19(21)11-17-8-6-5-7-14(17)2/h5-10H,11-12H2,1-4H3,(H,20,21). The summed E-state index contributed by atoms with van der Waals surface area (Å²) in [6.07, 6.45) is 0.441. The molecule has 0 spiro atoms. The Morgan fingerprint density at radius 1 is 0.952 bits per heavy atom. The van der Waals surface area contributed by atoms with Gasteiger partial charge in [-0.25, -0.2) is 0 Å². The first-order chi connectivity index (χ1) is 9.97. The molecule has 0 aliphatic heterocycles.